The van der Waals surface area contributed by atoms with Gasteiger partial charge in [-0.3, -0.25) is 0 Å². The van der Waals surface area contributed by atoms with Crippen LogP contribution in [0.1, 0.15) is 55.6 Å². The van der Waals surface area contributed by atoms with Crippen LogP contribution >= 0.6 is 31.9 Å². The zero-order chi connectivity index (χ0) is 32.9. The molecule has 0 amide bonds. The third kappa shape index (κ3) is 8.55. The molecule has 9 heterocycles. The number of H-pyrrole nitrogens is 3. The van der Waals surface area contributed by atoms with E-state index in [2.05, 4.69) is 121 Å². The quantitative estimate of drug-likeness (QED) is 0.113. The number of hydrogen-bond donors (Lipinski definition) is 5. The molecule has 9 rings (SSSR count). The van der Waals surface area contributed by atoms with Crippen LogP contribution in [0.5, 0.6) is 0 Å². The summed E-state index contributed by atoms with van der Waals surface area (Å²) in [5, 5.41) is 10.6. The van der Waals surface area contributed by atoms with E-state index in [4.69, 9.17) is 0 Å². The first-order valence-electron chi connectivity index (χ1n) is 17.3. The molecule has 3 saturated heterocycles. The zero-order valence-corrected chi connectivity index (χ0v) is 30.7. The van der Waals surface area contributed by atoms with Crippen LogP contribution in [-0.4, -0.2) is 79.6 Å². The van der Waals surface area contributed by atoms with Crippen molar-refractivity contribution in [2.24, 2.45) is 0 Å². The van der Waals surface area contributed by atoms with Gasteiger partial charge in [0, 0.05) is 87.5 Å². The highest BCUT2D eigenvalue weighted by molar-refractivity contribution is 9.10. The van der Waals surface area contributed by atoms with Crippen LogP contribution in [-0.2, 0) is 19.3 Å². The summed E-state index contributed by atoms with van der Waals surface area (Å²) in [5.74, 6) is 0. The molecule has 6 aromatic heterocycles. The Morgan fingerprint density at radius 1 is 0.708 bits per heavy atom. The first-order valence-corrected chi connectivity index (χ1v) is 18.9. The van der Waals surface area contributed by atoms with Gasteiger partial charge in [0.05, 0.1) is 0 Å². The van der Waals surface area contributed by atoms with Gasteiger partial charge in [0.25, 0.3) is 0 Å². The van der Waals surface area contributed by atoms with Crippen molar-refractivity contribution < 1.29 is 0 Å². The van der Waals surface area contributed by atoms with Crippen molar-refractivity contribution in [2.75, 3.05) is 26.7 Å². The number of aromatic amines is 3. The van der Waals surface area contributed by atoms with E-state index < -0.39 is 0 Å². The second-order valence-electron chi connectivity index (χ2n) is 13.5. The lowest BCUT2D eigenvalue weighted by atomic mass is 10.1. The van der Waals surface area contributed by atoms with E-state index in [0.717, 1.165) is 58.4 Å². The fourth-order valence-corrected chi connectivity index (χ4v) is 7.97. The minimum absolute atomic E-state index is 0.636. The topological polar surface area (TPSA) is 113 Å². The lowest BCUT2D eigenvalue weighted by molar-refractivity contribution is 0.308. The van der Waals surface area contributed by atoms with E-state index in [1.807, 2.05) is 24.5 Å². The highest BCUT2D eigenvalue weighted by Gasteiger charge is 2.21. The minimum atomic E-state index is 0.636. The number of rotatable bonds is 6. The number of likely N-dealkylation sites (tertiary alicyclic amines) is 1. The molecule has 5 N–H and O–H groups in total. The van der Waals surface area contributed by atoms with E-state index in [1.54, 1.807) is 0 Å². The first kappa shape index (κ1) is 33.4. The molecule has 0 bridgehead atoms. The van der Waals surface area contributed by atoms with Crippen LogP contribution in [0.3, 0.4) is 0 Å². The number of nitrogens with one attached hydrogen (secondary N) is 5. The van der Waals surface area contributed by atoms with Gasteiger partial charge in [-0.1, -0.05) is 0 Å². The van der Waals surface area contributed by atoms with E-state index in [0.29, 0.717) is 18.1 Å². The SMILES string of the molecule is Brc1ccc2cc(C[C@@H]3CCCN3)[nH]c2n1.Brc1cnc2[nH]c(C[C@@H]3CCCN3)cc2c1.CN1CCC[C@H]1Cc1cc2cccnc2[nH]1. The molecule has 0 radical (unpaired) electrons. The number of nitrogens with zero attached hydrogens (tertiary/aromatic N) is 4. The van der Waals surface area contributed by atoms with Gasteiger partial charge in [0.1, 0.15) is 21.5 Å². The Bertz CT molecular complexity index is 1810. The number of pyridine rings is 3. The maximum atomic E-state index is 4.41. The van der Waals surface area contributed by atoms with Crippen LogP contribution in [0.15, 0.2) is 70.0 Å². The summed E-state index contributed by atoms with van der Waals surface area (Å²) in [6.07, 6.45) is 14.8. The summed E-state index contributed by atoms with van der Waals surface area (Å²) in [4.78, 5) is 25.7. The fourth-order valence-electron chi connectivity index (χ4n) is 7.31. The first-order chi connectivity index (χ1) is 23.4. The van der Waals surface area contributed by atoms with Gasteiger partial charge < -0.3 is 30.5 Å². The van der Waals surface area contributed by atoms with Crippen molar-refractivity contribution >= 4 is 65.0 Å². The predicted molar refractivity (Wildman–Crippen MR) is 202 cm³/mol. The molecule has 0 aromatic carbocycles. The lowest BCUT2D eigenvalue weighted by Gasteiger charge is -2.18. The maximum absolute atomic E-state index is 4.41. The third-order valence-electron chi connectivity index (χ3n) is 9.83. The molecule has 3 aliphatic heterocycles. The van der Waals surface area contributed by atoms with Gasteiger partial charge in [0.15, 0.2) is 0 Å². The van der Waals surface area contributed by atoms with Crippen molar-refractivity contribution in [1.82, 2.24) is 45.4 Å². The Morgan fingerprint density at radius 3 is 2.00 bits per heavy atom. The number of halogens is 2. The summed E-state index contributed by atoms with van der Waals surface area (Å²) in [6, 6.07) is 18.9. The second kappa shape index (κ2) is 15.6. The summed E-state index contributed by atoms with van der Waals surface area (Å²) in [7, 11) is 2.22. The average Bonchev–Trinajstić information content (AvgIpc) is 3.92. The molecule has 0 unspecified atom stereocenters. The van der Waals surface area contributed by atoms with Crippen LogP contribution in [0, 0.1) is 0 Å². The number of hydrogen-bond acceptors (Lipinski definition) is 6. The zero-order valence-electron chi connectivity index (χ0n) is 27.5. The second-order valence-corrected chi connectivity index (χ2v) is 15.2. The Hall–Kier alpha value is -3.09. The van der Waals surface area contributed by atoms with Crippen molar-refractivity contribution in [3.05, 3.63) is 87.1 Å². The molecule has 252 valence electrons. The van der Waals surface area contributed by atoms with Gasteiger partial charge in [0.2, 0.25) is 0 Å². The highest BCUT2D eigenvalue weighted by Crippen LogP contribution is 2.23. The number of likely N-dealkylation sites (N-methyl/N-ethyl adjacent to an activating group) is 1. The van der Waals surface area contributed by atoms with Gasteiger partial charge in [-0.25, -0.2) is 15.0 Å². The van der Waals surface area contributed by atoms with Gasteiger partial charge >= 0.3 is 0 Å². The lowest BCUT2D eigenvalue weighted by Crippen LogP contribution is -2.26. The fraction of sp³-hybridized carbons (Fsp3) is 0.432. The van der Waals surface area contributed by atoms with Gasteiger partial charge in [-0.15, -0.1) is 0 Å². The molecule has 0 saturated carbocycles. The molecular formula is C37H45Br2N9. The Morgan fingerprint density at radius 2 is 1.35 bits per heavy atom. The molecule has 11 heteroatoms. The molecule has 9 nitrogen and oxygen atoms in total. The molecule has 0 spiro atoms. The molecular weight excluding hydrogens is 730 g/mol. The molecule has 6 aromatic rings. The van der Waals surface area contributed by atoms with E-state index in [9.17, 15) is 0 Å². The van der Waals surface area contributed by atoms with Gasteiger partial charge in [-0.05, 0) is 146 Å². The van der Waals surface area contributed by atoms with Crippen molar-refractivity contribution in [2.45, 2.75) is 75.9 Å². The van der Waals surface area contributed by atoms with E-state index in [-0.39, 0.29) is 0 Å². The summed E-state index contributed by atoms with van der Waals surface area (Å²) >= 11 is 6.83. The third-order valence-corrected chi connectivity index (χ3v) is 10.7. The van der Waals surface area contributed by atoms with Crippen LogP contribution in [0.2, 0.25) is 0 Å². The smallest absolute Gasteiger partial charge is 0.138 e. The molecule has 3 atom stereocenters. The van der Waals surface area contributed by atoms with Gasteiger partial charge in [-0.2, -0.15) is 0 Å². The van der Waals surface area contributed by atoms with Crippen molar-refractivity contribution in [1.29, 1.82) is 0 Å². The minimum Gasteiger partial charge on any atom is -0.343 e. The number of aromatic nitrogens is 6. The maximum Gasteiger partial charge on any atom is 0.138 e. The number of fused-ring (bicyclic) bond motifs is 3. The predicted octanol–water partition coefficient (Wildman–Crippen LogP) is 7.44. The largest absolute Gasteiger partial charge is 0.343 e. The Balaban J connectivity index is 0.000000114. The van der Waals surface area contributed by atoms with Crippen molar-refractivity contribution in [3.63, 3.8) is 0 Å². The molecule has 3 aliphatic rings. The average molecular weight is 776 g/mol. The van der Waals surface area contributed by atoms with E-state index in [1.165, 1.54) is 78.3 Å². The van der Waals surface area contributed by atoms with E-state index >= 15 is 0 Å². The van der Waals surface area contributed by atoms with Crippen molar-refractivity contribution in [3.8, 4) is 0 Å². The molecule has 3 fully saturated rings. The highest BCUT2D eigenvalue weighted by atomic mass is 79.9. The summed E-state index contributed by atoms with van der Waals surface area (Å²) < 4.78 is 1.91. The normalized spacial score (nSPS) is 21.1. The standard InChI is InChI=1S/C13H17N3.2C12H14BrN3/c1-16-7-3-5-12(16)9-11-8-10-4-2-6-14-13(10)15-11;13-11-4-3-8-6-10(15-12(8)16-11)7-9-2-1-5-14-9;13-9-4-8-5-11(16-12(8)15-7-9)6-10-2-1-3-14-10/h2,4,6,8,12H,3,5,7,9H2,1H3,(H,14,15);3-4,6,9,14H,1-2,5,7H2,(H,15,16);4-5,7,10,14H,1-3,6H2,(H,15,16)/t12-;9-;10-/m000/s1. The molecule has 48 heavy (non-hydrogen) atoms. The van der Waals surface area contributed by atoms with Crippen LogP contribution in [0.25, 0.3) is 33.1 Å². The Kier molecular flexibility index (Phi) is 10.9. The summed E-state index contributed by atoms with van der Waals surface area (Å²) in [5.41, 5.74) is 6.84. The van der Waals surface area contributed by atoms with Crippen LogP contribution in [0.4, 0.5) is 0 Å². The summed E-state index contributed by atoms with van der Waals surface area (Å²) in [6.45, 7) is 3.56. The van der Waals surface area contributed by atoms with Crippen LogP contribution < -0.4 is 10.6 Å². The Labute approximate surface area is 298 Å². The monoisotopic (exact) mass is 773 g/mol. The molecule has 0 aliphatic carbocycles.